The Kier molecular flexibility index (Phi) is 15.7. The summed E-state index contributed by atoms with van der Waals surface area (Å²) < 4.78 is 9.79. The molecule has 1 N–H and O–H groups in total. The lowest BCUT2D eigenvalue weighted by Gasteiger charge is -2.02. The third kappa shape index (κ3) is 13.3. The van der Waals surface area contributed by atoms with Gasteiger partial charge >= 0.3 is 11.6 Å². The second kappa shape index (κ2) is 18.6. The van der Waals surface area contributed by atoms with Crippen LogP contribution in [0, 0.1) is 0 Å². The van der Waals surface area contributed by atoms with Crippen LogP contribution >= 0.6 is 0 Å². The largest absolute Gasteiger partial charge is 0.507 e. The van der Waals surface area contributed by atoms with E-state index in [4.69, 9.17) is 14.3 Å². The number of fused-ring (bicyclic) bond motifs is 1. The van der Waals surface area contributed by atoms with Crippen LogP contribution in [0.15, 0.2) is 82.5 Å². The first-order valence-electron chi connectivity index (χ1n) is 12.5. The molecule has 2 aromatic carbocycles. The van der Waals surface area contributed by atoms with Crippen LogP contribution in [0.1, 0.15) is 75.6 Å². The van der Waals surface area contributed by atoms with Gasteiger partial charge in [-0.15, -0.1) is 0 Å². The van der Waals surface area contributed by atoms with E-state index in [9.17, 15) is 14.4 Å². The number of esters is 1. The zero-order valence-corrected chi connectivity index (χ0v) is 21.4. The highest BCUT2D eigenvalue weighted by Gasteiger charge is 2.02. The molecule has 1 heterocycles. The van der Waals surface area contributed by atoms with E-state index in [2.05, 4.69) is 13.5 Å². The van der Waals surface area contributed by atoms with Crippen molar-refractivity contribution in [3.63, 3.8) is 0 Å². The van der Waals surface area contributed by atoms with Crippen molar-refractivity contribution in [1.29, 1.82) is 0 Å². The van der Waals surface area contributed by atoms with Crippen molar-refractivity contribution in [2.75, 3.05) is 6.61 Å². The fourth-order valence-corrected chi connectivity index (χ4v) is 3.25. The number of benzene rings is 2. The average molecular weight is 495 g/mol. The zero-order chi connectivity index (χ0) is 26.6. The van der Waals surface area contributed by atoms with Gasteiger partial charge in [-0.05, 0) is 37.6 Å². The van der Waals surface area contributed by atoms with Crippen molar-refractivity contribution in [2.24, 2.45) is 0 Å². The van der Waals surface area contributed by atoms with Gasteiger partial charge < -0.3 is 14.3 Å². The lowest BCUT2D eigenvalue weighted by Crippen LogP contribution is -2.01. The molecule has 6 nitrogen and oxygen atoms in total. The van der Waals surface area contributed by atoms with Gasteiger partial charge in [0.2, 0.25) is 0 Å². The number of para-hydroxylation sites is 2. The van der Waals surface area contributed by atoms with E-state index in [1.165, 1.54) is 63.7 Å². The number of Topliss-reactive ketones (excluding diaryl/α,β-unsaturated/α-hetero) is 1. The summed E-state index contributed by atoms with van der Waals surface area (Å²) in [6.07, 6.45) is 11.3. The lowest BCUT2D eigenvalue weighted by molar-refractivity contribution is -0.137. The molecule has 194 valence electrons. The molecule has 3 aromatic rings. The Labute approximate surface area is 213 Å². The molecule has 0 atom stereocenters. The Morgan fingerprint density at radius 2 is 1.50 bits per heavy atom. The second-order valence-corrected chi connectivity index (χ2v) is 8.21. The number of phenolic OH excluding ortho intramolecular Hbond substituents is 1. The molecule has 36 heavy (non-hydrogen) atoms. The molecule has 0 bridgehead atoms. The molecule has 6 heteroatoms. The maximum Gasteiger partial charge on any atom is 0.336 e. The van der Waals surface area contributed by atoms with Crippen molar-refractivity contribution >= 4 is 22.7 Å². The monoisotopic (exact) mass is 494 g/mol. The molecule has 0 aliphatic heterocycles. The minimum Gasteiger partial charge on any atom is -0.507 e. The van der Waals surface area contributed by atoms with Crippen LogP contribution in [0.3, 0.4) is 0 Å². The van der Waals surface area contributed by atoms with E-state index >= 15 is 0 Å². The number of carbonyl (C=O) groups is 2. The van der Waals surface area contributed by atoms with Crippen LogP contribution in [0.25, 0.3) is 11.0 Å². The highest BCUT2D eigenvalue weighted by atomic mass is 16.5. The van der Waals surface area contributed by atoms with Gasteiger partial charge in [0.15, 0.2) is 5.78 Å². The third-order valence-corrected chi connectivity index (χ3v) is 5.22. The predicted molar refractivity (Wildman–Crippen MR) is 144 cm³/mol. The van der Waals surface area contributed by atoms with Gasteiger partial charge in [-0.25, -0.2) is 9.59 Å². The average Bonchev–Trinajstić information content (AvgIpc) is 2.88. The maximum atomic E-state index is 10.7. The number of ketones is 1. The molecule has 0 fully saturated rings. The number of hydrogen-bond acceptors (Lipinski definition) is 6. The first kappa shape index (κ1) is 30.4. The van der Waals surface area contributed by atoms with Crippen molar-refractivity contribution in [1.82, 2.24) is 0 Å². The Hall–Kier alpha value is -3.67. The minimum atomic E-state index is -0.307. The summed E-state index contributed by atoms with van der Waals surface area (Å²) in [5.74, 6) is -0.369. The standard InChI is InChI=1S/C13H24O2.C9H6O2.C8H8O2/c1-3-5-6-7-8-9-10-11-12-15-13(14)4-2;10-9-6-5-7-3-1-2-4-8(7)11-9;1-6(9)7-4-2-3-5-8(7)10/h4H,2-3,5-12H2,1H3;1-6H;2-5,10H,1H3. The molecule has 0 aliphatic carbocycles. The second-order valence-electron chi connectivity index (χ2n) is 8.21. The van der Waals surface area contributed by atoms with E-state index in [1.54, 1.807) is 30.3 Å². The minimum absolute atomic E-state index is 0.0509. The van der Waals surface area contributed by atoms with E-state index in [0.717, 1.165) is 18.2 Å². The molecular weight excluding hydrogens is 456 g/mol. The van der Waals surface area contributed by atoms with Crippen molar-refractivity contribution in [3.8, 4) is 5.75 Å². The Balaban J connectivity index is 0.000000276. The molecule has 0 amide bonds. The van der Waals surface area contributed by atoms with Gasteiger partial charge in [0, 0.05) is 17.5 Å². The van der Waals surface area contributed by atoms with Crippen LogP contribution in [0.2, 0.25) is 0 Å². The molecule has 0 saturated heterocycles. The van der Waals surface area contributed by atoms with Gasteiger partial charge in [0.1, 0.15) is 11.3 Å². The Morgan fingerprint density at radius 1 is 0.889 bits per heavy atom. The number of phenols is 1. The normalized spacial score (nSPS) is 9.83. The van der Waals surface area contributed by atoms with Crippen LogP contribution in [0.4, 0.5) is 0 Å². The van der Waals surface area contributed by atoms with Gasteiger partial charge in [-0.1, -0.05) is 88.8 Å². The summed E-state index contributed by atoms with van der Waals surface area (Å²) in [5, 5.41) is 10.0. The number of ether oxygens (including phenoxy) is 1. The highest BCUT2D eigenvalue weighted by Crippen LogP contribution is 2.15. The van der Waals surface area contributed by atoms with Gasteiger partial charge in [-0.3, -0.25) is 4.79 Å². The van der Waals surface area contributed by atoms with E-state index < -0.39 is 0 Å². The van der Waals surface area contributed by atoms with Crippen molar-refractivity contribution in [2.45, 2.75) is 65.2 Å². The van der Waals surface area contributed by atoms with Crippen LogP contribution in [-0.2, 0) is 9.53 Å². The van der Waals surface area contributed by atoms with Crippen LogP contribution < -0.4 is 5.63 Å². The number of rotatable bonds is 11. The van der Waals surface area contributed by atoms with E-state index in [0.29, 0.717) is 17.8 Å². The summed E-state index contributed by atoms with van der Waals surface area (Å²) in [6, 6.07) is 17.1. The molecular formula is C30H38O6. The summed E-state index contributed by atoms with van der Waals surface area (Å²) in [4.78, 5) is 32.1. The van der Waals surface area contributed by atoms with Gasteiger partial charge in [0.25, 0.3) is 0 Å². The Bertz CT molecular complexity index is 1120. The van der Waals surface area contributed by atoms with E-state index in [-0.39, 0.29) is 23.1 Å². The Morgan fingerprint density at radius 3 is 2.11 bits per heavy atom. The first-order chi connectivity index (χ1) is 17.4. The summed E-state index contributed by atoms with van der Waals surface area (Å²) >= 11 is 0. The molecule has 0 aliphatic rings. The topological polar surface area (TPSA) is 93.8 Å². The molecule has 3 rings (SSSR count). The summed E-state index contributed by atoms with van der Waals surface area (Å²) in [5.41, 5.74) is 0.714. The lowest BCUT2D eigenvalue weighted by atomic mass is 10.1. The number of unbranched alkanes of at least 4 members (excludes halogenated alkanes) is 7. The molecule has 0 spiro atoms. The van der Waals surface area contributed by atoms with E-state index in [1.807, 2.05) is 18.2 Å². The smallest absolute Gasteiger partial charge is 0.336 e. The van der Waals surface area contributed by atoms with Gasteiger partial charge in [-0.2, -0.15) is 0 Å². The molecule has 1 aromatic heterocycles. The molecule has 0 unspecified atom stereocenters. The number of aromatic hydroxyl groups is 1. The third-order valence-electron chi connectivity index (χ3n) is 5.22. The van der Waals surface area contributed by atoms with Gasteiger partial charge in [0.05, 0.1) is 12.2 Å². The van der Waals surface area contributed by atoms with Crippen LogP contribution in [-0.4, -0.2) is 23.5 Å². The summed E-state index contributed by atoms with van der Waals surface area (Å²) in [6.45, 7) is 7.54. The molecule has 0 saturated carbocycles. The van der Waals surface area contributed by atoms with Crippen LogP contribution in [0.5, 0.6) is 5.75 Å². The number of hydrogen-bond donors (Lipinski definition) is 1. The SMILES string of the molecule is C=CC(=O)OCCCCCCCCCC.CC(=O)c1ccccc1O.O=c1ccc2ccccc2o1. The maximum absolute atomic E-state index is 10.7. The van der Waals surface area contributed by atoms with Crippen molar-refractivity contribution in [3.05, 3.63) is 89.3 Å². The summed E-state index contributed by atoms with van der Waals surface area (Å²) in [7, 11) is 0. The quantitative estimate of drug-likeness (QED) is 0.0992. The fourth-order valence-electron chi connectivity index (χ4n) is 3.25. The fraction of sp³-hybridized carbons (Fsp3) is 0.367. The highest BCUT2D eigenvalue weighted by molar-refractivity contribution is 5.96. The van der Waals surface area contributed by atoms with Crippen molar-refractivity contribution < 1.29 is 23.8 Å². The predicted octanol–water partition coefficient (Wildman–Crippen LogP) is 7.24. The number of carbonyl (C=O) groups excluding carboxylic acids is 2. The zero-order valence-electron chi connectivity index (χ0n) is 21.4. The first-order valence-corrected chi connectivity index (χ1v) is 12.5. The molecule has 0 radical (unpaired) electrons.